The van der Waals surface area contributed by atoms with Gasteiger partial charge in [-0.15, -0.1) is 0 Å². The van der Waals surface area contributed by atoms with E-state index in [-0.39, 0.29) is 5.97 Å². The van der Waals surface area contributed by atoms with E-state index < -0.39 is 0 Å². The second-order valence-electron chi connectivity index (χ2n) is 2.41. The molecule has 0 unspecified atom stereocenters. The zero-order valence-electron chi connectivity index (χ0n) is 6.93. The zero-order chi connectivity index (χ0) is 8.97. The predicted molar refractivity (Wildman–Crippen MR) is 47.8 cm³/mol. The molecular formula is C8H11BrO3. The van der Waals surface area contributed by atoms with Crippen LogP contribution in [0.4, 0.5) is 0 Å². The van der Waals surface area contributed by atoms with Crippen LogP contribution >= 0.6 is 15.9 Å². The van der Waals surface area contributed by atoms with Gasteiger partial charge in [0.15, 0.2) is 0 Å². The summed E-state index contributed by atoms with van der Waals surface area (Å²) < 4.78 is 10.4. The number of halogens is 1. The average Bonchev–Trinajstić information content (AvgIpc) is 2.55. The van der Waals surface area contributed by atoms with Gasteiger partial charge in [0, 0.05) is 6.42 Å². The second-order valence-corrected chi connectivity index (χ2v) is 3.20. The van der Waals surface area contributed by atoms with E-state index in [1.54, 1.807) is 6.92 Å². The van der Waals surface area contributed by atoms with Gasteiger partial charge in [-0.25, -0.2) is 4.79 Å². The Morgan fingerprint density at radius 2 is 2.50 bits per heavy atom. The summed E-state index contributed by atoms with van der Waals surface area (Å²) in [5.74, 6) is 0.378. The van der Waals surface area contributed by atoms with Crippen molar-refractivity contribution in [3.63, 3.8) is 0 Å². The summed E-state index contributed by atoms with van der Waals surface area (Å²) in [4.78, 5) is 11.1. The highest BCUT2D eigenvalue weighted by atomic mass is 79.9. The first-order valence-electron chi connectivity index (χ1n) is 3.94. The minimum Gasteiger partial charge on any atom is -0.496 e. The highest BCUT2D eigenvalue weighted by Gasteiger charge is 2.18. The Hall–Kier alpha value is -0.510. The third-order valence-corrected chi connectivity index (χ3v) is 2.29. The van der Waals surface area contributed by atoms with Crippen LogP contribution in [0.3, 0.4) is 0 Å². The van der Waals surface area contributed by atoms with Crippen molar-refractivity contribution in [2.24, 2.45) is 0 Å². The molecule has 4 heteroatoms. The van der Waals surface area contributed by atoms with Crippen molar-refractivity contribution in [2.75, 3.05) is 13.2 Å². The van der Waals surface area contributed by atoms with Crippen molar-refractivity contribution >= 4 is 21.9 Å². The molecule has 0 atom stereocenters. The molecule has 1 saturated heterocycles. The first kappa shape index (κ1) is 9.58. The highest BCUT2D eigenvalue weighted by Crippen LogP contribution is 2.24. The molecule has 0 bridgehead atoms. The van der Waals surface area contributed by atoms with Crippen LogP contribution in [-0.4, -0.2) is 19.2 Å². The minimum absolute atomic E-state index is 0.339. The molecule has 1 rings (SSSR count). The molecule has 1 heterocycles. The van der Waals surface area contributed by atoms with Gasteiger partial charge < -0.3 is 9.47 Å². The number of hydrogen-bond donors (Lipinski definition) is 0. The van der Waals surface area contributed by atoms with Crippen LogP contribution in [0.1, 0.15) is 19.8 Å². The Labute approximate surface area is 79.9 Å². The fourth-order valence-electron chi connectivity index (χ4n) is 0.982. The van der Waals surface area contributed by atoms with Gasteiger partial charge in [-0.2, -0.15) is 0 Å². The Kier molecular flexibility index (Phi) is 3.59. The number of carbonyl (C=O) groups excluding carboxylic acids is 1. The number of allylic oxidation sites excluding steroid dienone is 1. The molecule has 0 amide bonds. The van der Waals surface area contributed by atoms with Gasteiger partial charge >= 0.3 is 5.97 Å². The first-order valence-corrected chi connectivity index (χ1v) is 4.73. The molecule has 0 spiro atoms. The van der Waals surface area contributed by atoms with Crippen molar-refractivity contribution in [3.05, 3.63) is 10.2 Å². The van der Waals surface area contributed by atoms with Gasteiger partial charge in [-0.1, -0.05) is 0 Å². The van der Waals surface area contributed by atoms with Gasteiger partial charge in [-0.05, 0) is 29.3 Å². The monoisotopic (exact) mass is 234 g/mol. The lowest BCUT2D eigenvalue weighted by Crippen LogP contribution is -2.05. The Bertz CT molecular complexity index is 202. The molecule has 12 heavy (non-hydrogen) atoms. The quantitative estimate of drug-likeness (QED) is 0.542. The zero-order valence-corrected chi connectivity index (χ0v) is 8.52. The summed E-state index contributed by atoms with van der Waals surface area (Å²) in [5, 5.41) is 0. The van der Waals surface area contributed by atoms with E-state index in [0.29, 0.717) is 23.5 Å². The van der Waals surface area contributed by atoms with E-state index in [0.717, 1.165) is 12.8 Å². The van der Waals surface area contributed by atoms with Crippen molar-refractivity contribution in [2.45, 2.75) is 19.8 Å². The van der Waals surface area contributed by atoms with E-state index in [1.807, 2.05) is 0 Å². The standard InChI is InChI=1S/C8H11BrO3/c1-2-11-8(10)7(9)6-4-3-5-12-6/h2-5H2,1H3/b7-6-. The molecule has 1 aliphatic rings. The van der Waals surface area contributed by atoms with E-state index in [4.69, 9.17) is 9.47 Å². The second kappa shape index (κ2) is 4.50. The summed E-state index contributed by atoms with van der Waals surface area (Å²) in [6.45, 7) is 2.86. The summed E-state index contributed by atoms with van der Waals surface area (Å²) in [6, 6.07) is 0. The van der Waals surface area contributed by atoms with Gasteiger partial charge in [0.1, 0.15) is 10.2 Å². The average molecular weight is 235 g/mol. The van der Waals surface area contributed by atoms with Gasteiger partial charge in [0.05, 0.1) is 13.2 Å². The molecule has 1 aliphatic heterocycles. The summed E-state index contributed by atoms with van der Waals surface area (Å²) in [5.41, 5.74) is 0. The molecule has 0 aromatic rings. The number of hydrogen-bond acceptors (Lipinski definition) is 3. The smallest absolute Gasteiger partial charge is 0.348 e. The fourth-order valence-corrected chi connectivity index (χ4v) is 1.41. The van der Waals surface area contributed by atoms with Gasteiger partial charge in [0.25, 0.3) is 0 Å². The maximum atomic E-state index is 11.1. The third-order valence-electron chi connectivity index (χ3n) is 1.52. The molecular weight excluding hydrogens is 224 g/mol. The minimum atomic E-state index is -0.339. The Morgan fingerprint density at radius 3 is 3.00 bits per heavy atom. The maximum Gasteiger partial charge on any atom is 0.348 e. The van der Waals surface area contributed by atoms with E-state index in [2.05, 4.69) is 15.9 Å². The molecule has 3 nitrogen and oxygen atoms in total. The molecule has 0 N–H and O–H groups in total. The summed E-state index contributed by atoms with van der Waals surface area (Å²) >= 11 is 3.15. The molecule has 68 valence electrons. The van der Waals surface area contributed by atoms with Crippen LogP contribution in [0.25, 0.3) is 0 Å². The largest absolute Gasteiger partial charge is 0.496 e. The van der Waals surface area contributed by atoms with Crippen molar-refractivity contribution in [1.82, 2.24) is 0 Å². The van der Waals surface area contributed by atoms with E-state index in [9.17, 15) is 4.79 Å². The Morgan fingerprint density at radius 1 is 1.75 bits per heavy atom. The van der Waals surface area contributed by atoms with Crippen LogP contribution < -0.4 is 0 Å². The SMILES string of the molecule is CCOC(=O)/C(Br)=C1\CCCO1. The topological polar surface area (TPSA) is 35.5 Å². The molecule has 0 aromatic heterocycles. The van der Waals surface area contributed by atoms with Crippen LogP contribution in [0.2, 0.25) is 0 Å². The van der Waals surface area contributed by atoms with E-state index >= 15 is 0 Å². The molecule has 1 fully saturated rings. The number of ether oxygens (including phenoxy) is 2. The molecule has 0 radical (unpaired) electrons. The lowest BCUT2D eigenvalue weighted by atomic mass is 10.3. The van der Waals surface area contributed by atoms with Crippen LogP contribution in [0.15, 0.2) is 10.2 Å². The maximum absolute atomic E-state index is 11.1. The van der Waals surface area contributed by atoms with Crippen molar-refractivity contribution in [3.8, 4) is 0 Å². The first-order chi connectivity index (χ1) is 5.75. The lowest BCUT2D eigenvalue weighted by Gasteiger charge is -2.03. The normalized spacial score (nSPS) is 20.2. The number of carbonyl (C=O) groups is 1. The predicted octanol–water partition coefficient (Wildman–Crippen LogP) is 1.97. The van der Waals surface area contributed by atoms with Crippen LogP contribution in [0.5, 0.6) is 0 Å². The van der Waals surface area contributed by atoms with Crippen molar-refractivity contribution in [1.29, 1.82) is 0 Å². The summed E-state index contributed by atoms with van der Waals surface area (Å²) in [7, 11) is 0. The van der Waals surface area contributed by atoms with E-state index in [1.165, 1.54) is 0 Å². The Balaban J connectivity index is 2.60. The van der Waals surface area contributed by atoms with Crippen molar-refractivity contribution < 1.29 is 14.3 Å². The number of esters is 1. The molecule has 0 saturated carbocycles. The highest BCUT2D eigenvalue weighted by molar-refractivity contribution is 9.12. The number of rotatable bonds is 2. The molecule has 0 aliphatic carbocycles. The third kappa shape index (κ3) is 2.24. The van der Waals surface area contributed by atoms with Gasteiger partial charge in [-0.3, -0.25) is 0 Å². The van der Waals surface area contributed by atoms with Crippen LogP contribution in [-0.2, 0) is 14.3 Å². The molecule has 0 aromatic carbocycles. The lowest BCUT2D eigenvalue weighted by molar-refractivity contribution is -0.137. The summed E-state index contributed by atoms with van der Waals surface area (Å²) in [6.07, 6.45) is 1.79. The fraction of sp³-hybridized carbons (Fsp3) is 0.625. The van der Waals surface area contributed by atoms with Gasteiger partial charge in [0.2, 0.25) is 0 Å². The van der Waals surface area contributed by atoms with Crippen LogP contribution in [0, 0.1) is 0 Å².